The van der Waals surface area contributed by atoms with Crippen molar-refractivity contribution in [3.63, 3.8) is 0 Å². The van der Waals surface area contributed by atoms with Crippen molar-refractivity contribution < 1.29 is 4.42 Å². The molecule has 0 fully saturated rings. The van der Waals surface area contributed by atoms with Crippen LogP contribution in [0.1, 0.15) is 12.7 Å². The van der Waals surface area contributed by atoms with Gasteiger partial charge in [-0.25, -0.2) is 0 Å². The van der Waals surface area contributed by atoms with E-state index < -0.39 is 0 Å². The van der Waals surface area contributed by atoms with Gasteiger partial charge in [0.05, 0.1) is 0 Å². The van der Waals surface area contributed by atoms with E-state index in [-0.39, 0.29) is 0 Å². The summed E-state index contributed by atoms with van der Waals surface area (Å²) >= 11 is 0. The van der Waals surface area contributed by atoms with Crippen molar-refractivity contribution >= 4 is 0 Å². The molecule has 8 heavy (non-hydrogen) atoms. The maximum atomic E-state index is 4.75. The van der Waals surface area contributed by atoms with Gasteiger partial charge in [-0.3, -0.25) is 0 Å². The fraction of sp³-hybridized carbons (Fsp3) is 0.400. The molecule has 0 aliphatic rings. The largest absolute Gasteiger partial charge is 0.578 e. The van der Waals surface area contributed by atoms with Crippen molar-refractivity contribution in [2.24, 2.45) is 0 Å². The average Bonchev–Trinajstić information content (AvgIpc) is 2.14. The molecule has 0 aliphatic carbocycles. The van der Waals surface area contributed by atoms with Crippen LogP contribution in [0.4, 0.5) is 0 Å². The van der Waals surface area contributed by atoms with E-state index in [9.17, 15) is 0 Å². The van der Waals surface area contributed by atoms with Gasteiger partial charge in [0.15, 0.2) is 0 Å². The molecule has 0 saturated carbocycles. The first-order valence-electron chi connectivity index (χ1n) is 2.24. The molecule has 0 spiro atoms. The minimum absolute atomic E-state index is 0. The maximum Gasteiger partial charge on any atom is 0.102 e. The zero-order chi connectivity index (χ0) is 5.11. The predicted molar refractivity (Wildman–Crippen MR) is 24.7 cm³/mol. The second-order valence-electron chi connectivity index (χ2n) is 1.27. The molecule has 1 aromatic heterocycles. The quantitative estimate of drug-likeness (QED) is 0.697. The summed E-state index contributed by atoms with van der Waals surface area (Å²) in [6.07, 6.45) is 4.92. The Hall–Kier alpha value is -1.79. The first-order valence-corrected chi connectivity index (χ1v) is 2.24. The Kier molecular flexibility index (Phi) is 1.86. The summed E-state index contributed by atoms with van der Waals surface area (Å²) in [7, 11) is 0. The van der Waals surface area contributed by atoms with Gasteiger partial charge in [0, 0.05) is 0 Å². The first-order chi connectivity index (χ1) is 3.43. The molecule has 40 valence electrons. The first kappa shape index (κ1) is 6.21. The zero-order valence-corrected chi connectivity index (χ0v) is 11.2. The van der Waals surface area contributed by atoms with Gasteiger partial charge in [-0.15, -0.1) is 0 Å². The molecule has 0 atom stereocenters. The second-order valence-corrected chi connectivity index (χ2v) is 1.27. The standard InChI is InChI=1S/C5H6NO.Rf/c1-2-5-3-6-4-7-5;/h3H,2H2,1H3;/q-1;. The Morgan fingerprint density at radius 2 is 2.62 bits per heavy atom. The number of hydrogen-bond donors (Lipinski definition) is 0. The number of nitrogens with zero attached hydrogens (tertiary/aromatic N) is 1. The van der Waals surface area contributed by atoms with Crippen molar-refractivity contribution in [2.45, 2.75) is 13.3 Å². The van der Waals surface area contributed by atoms with E-state index in [1.807, 2.05) is 6.92 Å². The third kappa shape index (κ3) is 0.834. The van der Waals surface area contributed by atoms with Gasteiger partial charge >= 0.3 is 0 Å². The van der Waals surface area contributed by atoms with Gasteiger partial charge in [-0.05, 0) is 5.76 Å². The number of aryl methyl sites for hydroxylation is 1. The van der Waals surface area contributed by atoms with E-state index >= 15 is 0 Å². The van der Waals surface area contributed by atoms with Gasteiger partial charge in [-0.2, -0.15) is 0 Å². The van der Waals surface area contributed by atoms with Gasteiger partial charge in [0.1, 0.15) is 6.39 Å². The normalized spacial score (nSPS) is 8.12. The van der Waals surface area contributed by atoms with Crippen LogP contribution in [-0.4, -0.2) is 4.98 Å². The molecule has 0 N–H and O–H groups in total. The van der Waals surface area contributed by atoms with Crippen LogP contribution in [0.3, 0.4) is 0 Å². The topological polar surface area (TPSA) is 26.0 Å². The molecular formula is C5H6NORf-. The van der Waals surface area contributed by atoms with Gasteiger partial charge in [0.2, 0.25) is 0 Å². The van der Waals surface area contributed by atoms with Crippen LogP contribution < -0.4 is 0 Å². The zero-order valence-electron chi connectivity index (χ0n) is 4.85. The van der Waals surface area contributed by atoms with Crippen LogP contribution in [0.15, 0.2) is 10.6 Å². The molecule has 0 amide bonds. The fourth-order valence-electron chi connectivity index (χ4n) is 0.373. The third-order valence-electron chi connectivity index (χ3n) is 0.786. The summed E-state index contributed by atoms with van der Waals surface area (Å²) < 4.78 is 4.75. The van der Waals surface area contributed by atoms with Crippen LogP contribution in [0.25, 0.3) is 0 Å². The molecule has 0 radical (unpaired) electrons. The van der Waals surface area contributed by atoms with E-state index in [4.69, 9.17) is 4.42 Å². The molecule has 0 unspecified atom stereocenters. The van der Waals surface area contributed by atoms with Crippen molar-refractivity contribution in [3.8, 4) is 0 Å². The van der Waals surface area contributed by atoms with Crippen LogP contribution in [0.5, 0.6) is 0 Å². The maximum absolute atomic E-state index is 4.75. The Bertz CT molecular complexity index is 127. The Morgan fingerprint density at radius 1 is 1.88 bits per heavy atom. The third-order valence-corrected chi connectivity index (χ3v) is 0.786. The molecule has 0 aliphatic heterocycles. The monoisotopic (exact) mass is 363 g/mol. The summed E-state index contributed by atoms with van der Waals surface area (Å²) in [5.74, 6) is 0.889. The van der Waals surface area contributed by atoms with E-state index in [2.05, 4.69) is 11.4 Å². The van der Waals surface area contributed by atoms with Crippen LogP contribution in [0.2, 0.25) is 0 Å². The van der Waals surface area contributed by atoms with Crippen molar-refractivity contribution in [2.75, 3.05) is 0 Å². The Balaban J connectivity index is 0.000000490. The van der Waals surface area contributed by atoms with E-state index in [0.29, 0.717) is 0 Å². The number of aromatic nitrogens is 1. The molecule has 1 heterocycles. The number of hydrogen-bond acceptors (Lipinski definition) is 2. The summed E-state index contributed by atoms with van der Waals surface area (Å²) in [4.78, 5) is 3.60. The molecule has 0 bridgehead atoms. The Morgan fingerprint density at radius 3 is 2.88 bits per heavy atom. The summed E-state index contributed by atoms with van der Waals surface area (Å²) in [6.45, 7) is 2.01. The number of rotatable bonds is 1. The van der Waals surface area contributed by atoms with Crippen molar-refractivity contribution in [1.29, 1.82) is 0 Å². The fourth-order valence-corrected chi connectivity index (χ4v) is 0.373. The second kappa shape index (κ2) is 2.39. The predicted octanol–water partition coefficient (Wildman–Crippen LogP) is 1.04. The van der Waals surface area contributed by atoms with E-state index in [0.717, 1.165) is 12.2 Å². The van der Waals surface area contributed by atoms with E-state index in [1.165, 1.54) is 0 Å². The van der Waals surface area contributed by atoms with Crippen LogP contribution in [0, 0.1) is 6.39 Å². The van der Waals surface area contributed by atoms with E-state index in [1.54, 1.807) is 6.20 Å². The van der Waals surface area contributed by atoms with Crippen LogP contribution >= 0.6 is 0 Å². The molecule has 0 aromatic carbocycles. The molecule has 1 aromatic rings. The van der Waals surface area contributed by atoms with Crippen molar-refractivity contribution in [1.82, 2.24) is 4.98 Å². The summed E-state index contributed by atoms with van der Waals surface area (Å²) in [5, 5.41) is 0. The van der Waals surface area contributed by atoms with Gasteiger partial charge in [0.25, 0.3) is 0 Å². The smallest absolute Gasteiger partial charge is 0.102 e. The molecule has 3 heteroatoms. The Labute approximate surface area is 42.2 Å². The summed E-state index contributed by atoms with van der Waals surface area (Å²) in [5.41, 5.74) is 0. The molecule has 1 rings (SSSR count). The molecule has 2 nitrogen and oxygen atoms in total. The molecule has 0 saturated heterocycles. The number of oxazole rings is 1. The summed E-state index contributed by atoms with van der Waals surface area (Å²) in [6, 6.07) is 0. The minimum Gasteiger partial charge on any atom is -0.578 e. The van der Waals surface area contributed by atoms with Gasteiger partial charge in [-0.1, -0.05) is 19.5 Å². The average molecular weight is 363 g/mol. The van der Waals surface area contributed by atoms with Crippen LogP contribution in [-0.2, 0) is 6.42 Å². The SMILES string of the molecule is CCc1cn[c-]o1.[Rf]. The molecular weight excluding hydrogens is 357 g/mol. The van der Waals surface area contributed by atoms with Gasteiger partial charge < -0.3 is 9.40 Å². The van der Waals surface area contributed by atoms with Crippen molar-refractivity contribution in [3.05, 3.63) is 18.4 Å². The minimum atomic E-state index is 0.